The molecule has 0 spiro atoms. The molecule has 158 valence electrons. The van der Waals surface area contributed by atoms with E-state index in [9.17, 15) is 22.4 Å². The zero-order chi connectivity index (χ0) is 21.5. The third-order valence-corrected chi connectivity index (χ3v) is 7.43. The van der Waals surface area contributed by atoms with Gasteiger partial charge in [0.1, 0.15) is 5.82 Å². The summed E-state index contributed by atoms with van der Waals surface area (Å²) >= 11 is 0. The van der Waals surface area contributed by atoms with Crippen LogP contribution < -0.4 is 4.72 Å². The molecule has 2 aromatic carbocycles. The SMILES string of the molecule is Cc1ccc(CN2C(=O)[C@H]3CCCC[C@H]3C2=O)cc1S(=O)(=O)Nc1ccc(F)cc1. The van der Waals surface area contributed by atoms with E-state index in [4.69, 9.17) is 0 Å². The van der Waals surface area contributed by atoms with Crippen LogP contribution in [0.25, 0.3) is 0 Å². The van der Waals surface area contributed by atoms with Gasteiger partial charge < -0.3 is 0 Å². The standard InChI is InChI=1S/C22H23FN2O4S/c1-14-6-7-15(13-25-21(26)18-4-2-3-5-19(18)22(25)27)12-20(14)30(28,29)24-17-10-8-16(23)9-11-17/h6-12,18-19,24H,2-5,13H2,1H3/t18-,19+. The van der Waals surface area contributed by atoms with E-state index < -0.39 is 15.8 Å². The van der Waals surface area contributed by atoms with Crippen LogP contribution in [-0.2, 0) is 26.2 Å². The minimum Gasteiger partial charge on any atom is -0.280 e. The van der Waals surface area contributed by atoms with Gasteiger partial charge >= 0.3 is 0 Å². The quantitative estimate of drug-likeness (QED) is 0.735. The molecular weight excluding hydrogens is 407 g/mol. The molecule has 2 aliphatic rings. The summed E-state index contributed by atoms with van der Waals surface area (Å²) in [6.45, 7) is 1.73. The van der Waals surface area contributed by atoms with E-state index in [1.54, 1.807) is 19.1 Å². The number of amides is 2. The van der Waals surface area contributed by atoms with Crippen molar-refractivity contribution in [3.05, 3.63) is 59.4 Å². The maximum absolute atomic E-state index is 13.1. The number of halogens is 1. The molecule has 0 unspecified atom stereocenters. The van der Waals surface area contributed by atoms with E-state index >= 15 is 0 Å². The summed E-state index contributed by atoms with van der Waals surface area (Å²) in [4.78, 5) is 26.8. The molecule has 6 nitrogen and oxygen atoms in total. The van der Waals surface area contributed by atoms with Crippen molar-refractivity contribution < 1.29 is 22.4 Å². The second kappa shape index (κ2) is 7.83. The fraction of sp³-hybridized carbons (Fsp3) is 0.364. The van der Waals surface area contributed by atoms with Gasteiger partial charge in [0.2, 0.25) is 11.8 Å². The largest absolute Gasteiger partial charge is 0.280 e. The second-order valence-corrected chi connectivity index (χ2v) is 9.62. The fourth-order valence-electron chi connectivity index (χ4n) is 4.33. The van der Waals surface area contributed by atoms with E-state index in [1.807, 2.05) is 0 Å². The van der Waals surface area contributed by atoms with Crippen molar-refractivity contribution in [2.24, 2.45) is 11.8 Å². The molecule has 1 aliphatic carbocycles. The summed E-state index contributed by atoms with van der Waals surface area (Å²) < 4.78 is 41.3. The van der Waals surface area contributed by atoms with Crippen LogP contribution in [0.1, 0.15) is 36.8 Å². The van der Waals surface area contributed by atoms with Gasteiger partial charge in [0, 0.05) is 5.69 Å². The van der Waals surface area contributed by atoms with Gasteiger partial charge in [-0.15, -0.1) is 0 Å². The first-order valence-electron chi connectivity index (χ1n) is 9.99. The number of benzene rings is 2. The average molecular weight is 431 g/mol. The number of hydrogen-bond acceptors (Lipinski definition) is 4. The fourth-order valence-corrected chi connectivity index (χ4v) is 5.68. The predicted octanol–water partition coefficient (Wildman–Crippen LogP) is 3.61. The van der Waals surface area contributed by atoms with Crippen LogP contribution in [0.2, 0.25) is 0 Å². The number of aryl methyl sites for hydroxylation is 1. The summed E-state index contributed by atoms with van der Waals surface area (Å²) in [5.41, 5.74) is 1.34. The Labute approximate surface area is 175 Å². The maximum Gasteiger partial charge on any atom is 0.262 e. The molecule has 0 aromatic heterocycles. The first kappa shape index (κ1) is 20.5. The van der Waals surface area contributed by atoms with Crippen LogP contribution in [0.4, 0.5) is 10.1 Å². The number of anilines is 1. The van der Waals surface area contributed by atoms with Crippen molar-refractivity contribution in [1.29, 1.82) is 0 Å². The number of fused-ring (bicyclic) bond motifs is 1. The first-order chi connectivity index (χ1) is 14.3. The van der Waals surface area contributed by atoms with Gasteiger partial charge in [-0.3, -0.25) is 19.2 Å². The Kier molecular flexibility index (Phi) is 5.36. The molecule has 1 aliphatic heterocycles. The van der Waals surface area contributed by atoms with Crippen LogP contribution in [0.5, 0.6) is 0 Å². The zero-order valence-corrected chi connectivity index (χ0v) is 17.4. The van der Waals surface area contributed by atoms with Crippen LogP contribution in [0, 0.1) is 24.6 Å². The average Bonchev–Trinajstić information content (AvgIpc) is 2.96. The van der Waals surface area contributed by atoms with Crippen molar-refractivity contribution in [1.82, 2.24) is 4.90 Å². The summed E-state index contributed by atoms with van der Waals surface area (Å²) in [6, 6.07) is 9.91. The number of hydrogen-bond donors (Lipinski definition) is 1. The van der Waals surface area contributed by atoms with Crippen molar-refractivity contribution >= 4 is 27.5 Å². The summed E-state index contributed by atoms with van der Waals surface area (Å²) in [6.07, 6.45) is 3.38. The Hall–Kier alpha value is -2.74. The maximum atomic E-state index is 13.1. The predicted molar refractivity (Wildman–Crippen MR) is 109 cm³/mol. The van der Waals surface area contributed by atoms with Gasteiger partial charge in [0.05, 0.1) is 23.3 Å². The molecule has 2 atom stereocenters. The molecule has 2 aromatic rings. The van der Waals surface area contributed by atoms with Crippen LogP contribution in [-0.4, -0.2) is 25.1 Å². The normalized spacial score (nSPS) is 21.6. The Morgan fingerprint density at radius 2 is 1.60 bits per heavy atom. The molecule has 2 amide bonds. The molecule has 1 saturated carbocycles. The van der Waals surface area contributed by atoms with Crippen molar-refractivity contribution in [2.45, 2.75) is 44.0 Å². The van der Waals surface area contributed by atoms with Crippen molar-refractivity contribution in [3.8, 4) is 0 Å². The van der Waals surface area contributed by atoms with Gasteiger partial charge in [-0.1, -0.05) is 25.0 Å². The lowest BCUT2D eigenvalue weighted by molar-refractivity contribution is -0.140. The molecule has 0 bridgehead atoms. The number of sulfonamides is 1. The van der Waals surface area contributed by atoms with Crippen LogP contribution in [0.15, 0.2) is 47.4 Å². The lowest BCUT2D eigenvalue weighted by Gasteiger charge is -2.19. The first-order valence-corrected chi connectivity index (χ1v) is 11.5. The van der Waals surface area contributed by atoms with Gasteiger partial charge in [-0.2, -0.15) is 0 Å². The number of carbonyl (C=O) groups excluding carboxylic acids is 2. The van der Waals surface area contributed by atoms with Gasteiger partial charge in [-0.05, 0) is 61.2 Å². The highest BCUT2D eigenvalue weighted by atomic mass is 32.2. The third kappa shape index (κ3) is 3.84. The molecule has 8 heteroatoms. The number of nitrogens with zero attached hydrogens (tertiary/aromatic N) is 1. The molecule has 30 heavy (non-hydrogen) atoms. The summed E-state index contributed by atoms with van der Waals surface area (Å²) in [7, 11) is -3.92. The van der Waals surface area contributed by atoms with E-state index in [0.29, 0.717) is 11.1 Å². The van der Waals surface area contributed by atoms with Crippen molar-refractivity contribution in [2.75, 3.05) is 4.72 Å². The van der Waals surface area contributed by atoms with E-state index in [-0.39, 0.29) is 40.8 Å². The molecule has 2 fully saturated rings. The Morgan fingerprint density at radius 3 is 2.20 bits per heavy atom. The van der Waals surface area contributed by atoms with Gasteiger partial charge in [0.15, 0.2) is 0 Å². The van der Waals surface area contributed by atoms with E-state index in [1.165, 1.54) is 35.2 Å². The highest BCUT2D eigenvalue weighted by Gasteiger charge is 2.47. The summed E-state index contributed by atoms with van der Waals surface area (Å²) in [5.74, 6) is -1.24. The minimum absolute atomic E-state index is 0.0563. The number of imide groups is 1. The molecule has 1 heterocycles. The topological polar surface area (TPSA) is 83.6 Å². The Balaban J connectivity index is 1.58. The molecular formula is C22H23FN2O4S. The highest BCUT2D eigenvalue weighted by Crippen LogP contribution is 2.38. The molecule has 4 rings (SSSR count). The monoisotopic (exact) mass is 430 g/mol. The number of likely N-dealkylation sites (tertiary alicyclic amines) is 1. The molecule has 0 radical (unpaired) electrons. The van der Waals surface area contributed by atoms with Gasteiger partial charge in [0.25, 0.3) is 10.0 Å². The van der Waals surface area contributed by atoms with Crippen molar-refractivity contribution in [3.63, 3.8) is 0 Å². The smallest absolute Gasteiger partial charge is 0.262 e. The van der Waals surface area contributed by atoms with Crippen LogP contribution in [0.3, 0.4) is 0 Å². The second-order valence-electron chi connectivity index (χ2n) is 7.97. The van der Waals surface area contributed by atoms with E-state index in [0.717, 1.165) is 25.7 Å². The number of carbonyl (C=O) groups is 2. The van der Waals surface area contributed by atoms with Gasteiger partial charge in [-0.25, -0.2) is 12.8 Å². The lowest BCUT2D eigenvalue weighted by atomic mass is 9.81. The Bertz CT molecular complexity index is 1070. The number of nitrogens with one attached hydrogen (secondary N) is 1. The number of rotatable bonds is 5. The third-order valence-electron chi connectivity index (χ3n) is 5.91. The highest BCUT2D eigenvalue weighted by molar-refractivity contribution is 7.92. The Morgan fingerprint density at radius 1 is 1.00 bits per heavy atom. The van der Waals surface area contributed by atoms with E-state index in [2.05, 4.69) is 4.72 Å². The molecule has 1 saturated heterocycles. The molecule has 1 N–H and O–H groups in total. The zero-order valence-electron chi connectivity index (χ0n) is 16.6. The van der Waals surface area contributed by atoms with Crippen LogP contribution >= 0.6 is 0 Å². The lowest BCUT2D eigenvalue weighted by Crippen LogP contribution is -2.30. The summed E-state index contributed by atoms with van der Waals surface area (Å²) in [5, 5.41) is 0. The minimum atomic E-state index is -3.92.